The van der Waals surface area contributed by atoms with Crippen molar-refractivity contribution < 1.29 is 13.2 Å². The number of aromatic nitrogens is 6. The molecule has 4 aromatic rings. The van der Waals surface area contributed by atoms with Gasteiger partial charge in [-0.2, -0.15) is 9.61 Å². The second kappa shape index (κ2) is 8.33. The normalized spacial score (nSPS) is 17.3. The lowest BCUT2D eigenvalue weighted by Gasteiger charge is -2.17. The number of aryl methyl sites for hydroxylation is 1. The molecule has 1 aliphatic heterocycles. The molecule has 1 aliphatic rings. The summed E-state index contributed by atoms with van der Waals surface area (Å²) in [7, 11) is -1.84. The zero-order valence-corrected chi connectivity index (χ0v) is 19.8. The third kappa shape index (κ3) is 3.76. The largest absolute Gasteiger partial charge is 0.353 e. The number of carbonyl (C=O) groups is 1. The number of nitrogens with one attached hydrogen (secondary N) is 3. The molecule has 0 unspecified atom stereocenters. The van der Waals surface area contributed by atoms with Crippen LogP contribution in [0.25, 0.3) is 27.9 Å². The SMILES string of the molecule is CC(C)S(=O)(=O)c1cccc2c1nc(N[C@@H]1CNCCNC1=O)n1nc(-c3cnn(C)c3)nc21. The van der Waals surface area contributed by atoms with Gasteiger partial charge in [0.25, 0.3) is 0 Å². The first-order valence-electron chi connectivity index (χ1n) is 10.9. The molecule has 13 heteroatoms. The Kier molecular flexibility index (Phi) is 5.44. The summed E-state index contributed by atoms with van der Waals surface area (Å²) in [5.74, 6) is 0.446. The number of benzene rings is 1. The molecule has 3 aromatic heterocycles. The number of para-hydroxylation sites is 1. The fourth-order valence-corrected chi connectivity index (χ4v) is 5.05. The Balaban J connectivity index is 1.76. The maximum Gasteiger partial charge on any atom is 0.243 e. The van der Waals surface area contributed by atoms with Gasteiger partial charge in [-0.15, -0.1) is 5.10 Å². The molecule has 1 atom stereocenters. The lowest BCUT2D eigenvalue weighted by Crippen LogP contribution is -2.42. The highest BCUT2D eigenvalue weighted by Crippen LogP contribution is 2.30. The van der Waals surface area contributed by atoms with E-state index in [1.807, 2.05) is 0 Å². The Labute approximate surface area is 195 Å². The average molecular weight is 484 g/mol. The van der Waals surface area contributed by atoms with Crippen LogP contribution >= 0.6 is 0 Å². The van der Waals surface area contributed by atoms with E-state index in [-0.39, 0.29) is 22.3 Å². The molecule has 1 aromatic carbocycles. The van der Waals surface area contributed by atoms with Crippen molar-refractivity contribution in [3.63, 3.8) is 0 Å². The van der Waals surface area contributed by atoms with E-state index >= 15 is 0 Å². The second-order valence-electron chi connectivity index (χ2n) is 8.45. The van der Waals surface area contributed by atoms with Crippen molar-refractivity contribution in [1.29, 1.82) is 0 Å². The van der Waals surface area contributed by atoms with Gasteiger partial charge in [-0.25, -0.2) is 18.4 Å². The molecule has 34 heavy (non-hydrogen) atoms. The van der Waals surface area contributed by atoms with Crippen molar-refractivity contribution in [2.75, 3.05) is 25.0 Å². The molecule has 4 heterocycles. The smallest absolute Gasteiger partial charge is 0.243 e. The molecule has 0 radical (unpaired) electrons. The molecule has 0 spiro atoms. The van der Waals surface area contributed by atoms with Crippen LogP contribution in [0.15, 0.2) is 35.5 Å². The van der Waals surface area contributed by atoms with E-state index in [9.17, 15) is 13.2 Å². The summed E-state index contributed by atoms with van der Waals surface area (Å²) in [6.45, 7) is 4.80. The Hall–Kier alpha value is -3.58. The molecular formula is C21H25N9O3S. The van der Waals surface area contributed by atoms with E-state index in [0.29, 0.717) is 42.1 Å². The molecule has 0 aliphatic carbocycles. The Morgan fingerprint density at radius 1 is 1.21 bits per heavy atom. The standard InChI is InChI=1S/C21H25N9O3S/c1-12(2)34(32,33)16-6-4-5-14-17(16)26-21(25-15-10-22-7-8-23-20(15)31)30-19(14)27-18(28-30)13-9-24-29(3)11-13/h4-6,9,11-12,15,22H,7-8,10H2,1-3H3,(H,23,31)(H,25,26)/t15-/m1/s1. The summed E-state index contributed by atoms with van der Waals surface area (Å²) in [5, 5.41) is 17.9. The van der Waals surface area contributed by atoms with Gasteiger partial charge in [-0.05, 0) is 26.0 Å². The van der Waals surface area contributed by atoms with Crippen molar-refractivity contribution in [1.82, 2.24) is 40.0 Å². The van der Waals surface area contributed by atoms with Crippen LogP contribution in [0, 0.1) is 0 Å². The quantitative estimate of drug-likeness (QED) is 0.366. The van der Waals surface area contributed by atoms with E-state index in [1.54, 1.807) is 56.2 Å². The number of hydrogen-bond donors (Lipinski definition) is 3. The van der Waals surface area contributed by atoms with Crippen LogP contribution < -0.4 is 16.0 Å². The number of carbonyl (C=O) groups excluding carboxylic acids is 1. The average Bonchev–Trinajstić information content (AvgIpc) is 3.39. The Morgan fingerprint density at radius 3 is 2.76 bits per heavy atom. The highest BCUT2D eigenvalue weighted by atomic mass is 32.2. The zero-order chi connectivity index (χ0) is 24.0. The Morgan fingerprint density at radius 2 is 2.03 bits per heavy atom. The first-order chi connectivity index (χ1) is 16.3. The maximum atomic E-state index is 13.1. The molecular weight excluding hydrogens is 458 g/mol. The number of anilines is 1. The summed E-state index contributed by atoms with van der Waals surface area (Å²) in [4.78, 5) is 22.0. The number of sulfone groups is 1. The molecule has 0 bridgehead atoms. The first-order valence-corrected chi connectivity index (χ1v) is 12.5. The molecule has 178 valence electrons. The minimum Gasteiger partial charge on any atom is -0.353 e. The summed E-state index contributed by atoms with van der Waals surface area (Å²) in [6, 6.07) is 4.36. The summed E-state index contributed by atoms with van der Waals surface area (Å²) in [5.41, 5.74) is 1.40. The number of hydrogen-bond acceptors (Lipinski definition) is 9. The molecule has 3 N–H and O–H groups in total. The van der Waals surface area contributed by atoms with Gasteiger partial charge in [0, 0.05) is 38.3 Å². The van der Waals surface area contributed by atoms with Gasteiger partial charge < -0.3 is 16.0 Å². The fraction of sp³-hybridized carbons (Fsp3) is 0.381. The van der Waals surface area contributed by atoms with Crippen molar-refractivity contribution in [2.45, 2.75) is 30.0 Å². The van der Waals surface area contributed by atoms with Gasteiger partial charge in [-0.3, -0.25) is 9.48 Å². The van der Waals surface area contributed by atoms with Crippen LogP contribution in [0.2, 0.25) is 0 Å². The van der Waals surface area contributed by atoms with Crippen LogP contribution in [-0.4, -0.2) is 74.6 Å². The van der Waals surface area contributed by atoms with E-state index in [1.165, 1.54) is 4.52 Å². The molecule has 1 amide bonds. The van der Waals surface area contributed by atoms with Crippen molar-refractivity contribution >= 4 is 38.2 Å². The van der Waals surface area contributed by atoms with Gasteiger partial charge in [0.15, 0.2) is 21.3 Å². The van der Waals surface area contributed by atoms with E-state index in [4.69, 9.17) is 4.98 Å². The highest BCUT2D eigenvalue weighted by Gasteiger charge is 2.27. The molecule has 5 rings (SSSR count). The molecule has 1 saturated heterocycles. The molecule has 1 fully saturated rings. The van der Waals surface area contributed by atoms with Crippen molar-refractivity contribution in [3.8, 4) is 11.4 Å². The van der Waals surface area contributed by atoms with Crippen molar-refractivity contribution in [2.24, 2.45) is 7.05 Å². The molecule has 12 nitrogen and oxygen atoms in total. The van der Waals surface area contributed by atoms with Crippen LogP contribution in [0.3, 0.4) is 0 Å². The summed E-state index contributed by atoms with van der Waals surface area (Å²) < 4.78 is 29.4. The van der Waals surface area contributed by atoms with Gasteiger partial charge in [0.05, 0.1) is 27.4 Å². The fourth-order valence-electron chi connectivity index (χ4n) is 3.85. The van der Waals surface area contributed by atoms with Gasteiger partial charge >= 0.3 is 0 Å². The van der Waals surface area contributed by atoms with Gasteiger partial charge in [-0.1, -0.05) is 6.07 Å². The van der Waals surface area contributed by atoms with Crippen LogP contribution in [0.5, 0.6) is 0 Å². The van der Waals surface area contributed by atoms with Crippen LogP contribution in [-0.2, 0) is 21.7 Å². The number of nitrogens with zero attached hydrogens (tertiary/aromatic N) is 6. The minimum atomic E-state index is -3.63. The Bertz CT molecular complexity index is 1510. The van der Waals surface area contributed by atoms with E-state index in [0.717, 1.165) is 0 Å². The third-order valence-electron chi connectivity index (χ3n) is 5.72. The highest BCUT2D eigenvalue weighted by molar-refractivity contribution is 7.92. The monoisotopic (exact) mass is 483 g/mol. The number of fused-ring (bicyclic) bond motifs is 3. The van der Waals surface area contributed by atoms with Gasteiger partial charge in [0.2, 0.25) is 11.9 Å². The van der Waals surface area contributed by atoms with Gasteiger partial charge in [0.1, 0.15) is 6.04 Å². The third-order valence-corrected chi connectivity index (χ3v) is 7.91. The summed E-state index contributed by atoms with van der Waals surface area (Å²) in [6.07, 6.45) is 3.43. The number of rotatable bonds is 5. The lowest BCUT2D eigenvalue weighted by atomic mass is 10.2. The summed E-state index contributed by atoms with van der Waals surface area (Å²) >= 11 is 0. The van der Waals surface area contributed by atoms with Crippen LogP contribution in [0.1, 0.15) is 13.8 Å². The van der Waals surface area contributed by atoms with E-state index in [2.05, 4.69) is 31.1 Å². The molecule has 0 saturated carbocycles. The first kappa shape index (κ1) is 22.2. The number of amides is 1. The second-order valence-corrected chi connectivity index (χ2v) is 10.9. The van der Waals surface area contributed by atoms with E-state index < -0.39 is 21.1 Å². The topological polar surface area (TPSA) is 148 Å². The minimum absolute atomic E-state index is 0.111. The maximum absolute atomic E-state index is 13.1. The lowest BCUT2D eigenvalue weighted by molar-refractivity contribution is -0.121. The predicted molar refractivity (Wildman–Crippen MR) is 126 cm³/mol. The zero-order valence-electron chi connectivity index (χ0n) is 19.0. The van der Waals surface area contributed by atoms with Crippen molar-refractivity contribution in [3.05, 3.63) is 30.6 Å². The van der Waals surface area contributed by atoms with Crippen LogP contribution in [0.4, 0.5) is 5.95 Å². The predicted octanol–water partition coefficient (Wildman–Crippen LogP) is 0.360.